The number of nitrogens with zero attached hydrogens (tertiary/aromatic N) is 2. The summed E-state index contributed by atoms with van der Waals surface area (Å²) in [5, 5.41) is 8.30. The van der Waals surface area contributed by atoms with Gasteiger partial charge in [-0.25, -0.2) is 9.07 Å². The van der Waals surface area contributed by atoms with Gasteiger partial charge in [-0.1, -0.05) is 27.7 Å². The molecule has 0 saturated carbocycles. The summed E-state index contributed by atoms with van der Waals surface area (Å²) in [5.74, 6) is 1.16. The Kier molecular flexibility index (Phi) is 11.0. The van der Waals surface area contributed by atoms with Gasteiger partial charge in [0, 0.05) is 11.6 Å². The highest BCUT2D eigenvalue weighted by Crippen LogP contribution is 2.21. The Balaban J connectivity index is 2.44. The molecule has 0 radical (unpaired) electrons. The molecule has 0 fully saturated rings. The predicted octanol–water partition coefficient (Wildman–Crippen LogP) is 5.23. The Labute approximate surface area is 209 Å². The molecular formula is C28H42FN3O3. The lowest BCUT2D eigenvalue weighted by Gasteiger charge is -2.24. The van der Waals surface area contributed by atoms with Crippen LogP contribution in [0.3, 0.4) is 0 Å². The number of aryl methyl sites for hydroxylation is 2. The molecule has 2 rings (SSSR count). The summed E-state index contributed by atoms with van der Waals surface area (Å²) in [6.07, 6.45) is 2.73. The van der Waals surface area contributed by atoms with Crippen molar-refractivity contribution < 1.29 is 13.9 Å². The maximum absolute atomic E-state index is 13.8. The van der Waals surface area contributed by atoms with E-state index < -0.39 is 0 Å². The number of allylic oxidation sites excluding steroid dienone is 1. The monoisotopic (exact) mass is 487 g/mol. The van der Waals surface area contributed by atoms with E-state index in [1.54, 1.807) is 24.1 Å². The van der Waals surface area contributed by atoms with E-state index >= 15 is 0 Å². The first-order chi connectivity index (χ1) is 16.5. The van der Waals surface area contributed by atoms with Crippen molar-refractivity contribution in [3.63, 3.8) is 0 Å². The van der Waals surface area contributed by atoms with Crippen molar-refractivity contribution in [2.24, 2.45) is 11.8 Å². The number of aromatic nitrogens is 2. The fraction of sp³-hybridized carbons (Fsp3) is 0.571. The van der Waals surface area contributed by atoms with Gasteiger partial charge in [-0.3, -0.25) is 4.79 Å². The number of benzene rings is 1. The van der Waals surface area contributed by atoms with Gasteiger partial charge in [-0.15, -0.1) is 0 Å². The molecule has 1 heterocycles. The molecule has 1 atom stereocenters. The first kappa shape index (κ1) is 28.6. The lowest BCUT2D eigenvalue weighted by Crippen LogP contribution is -2.43. The predicted molar refractivity (Wildman–Crippen MR) is 140 cm³/mol. The Morgan fingerprint density at radius 1 is 1.14 bits per heavy atom. The quantitative estimate of drug-likeness (QED) is 0.392. The maximum atomic E-state index is 13.8. The summed E-state index contributed by atoms with van der Waals surface area (Å²) < 4.78 is 26.5. The minimum atomic E-state index is -0.306. The van der Waals surface area contributed by atoms with Crippen LogP contribution in [-0.4, -0.2) is 35.6 Å². The first-order valence-electron chi connectivity index (χ1n) is 12.5. The molecule has 0 amide bonds. The van der Waals surface area contributed by atoms with E-state index in [0.717, 1.165) is 23.4 Å². The van der Waals surface area contributed by atoms with Crippen molar-refractivity contribution in [2.45, 2.75) is 80.0 Å². The average Bonchev–Trinajstić information content (AvgIpc) is 2.79. The molecule has 0 aliphatic heterocycles. The summed E-state index contributed by atoms with van der Waals surface area (Å²) in [4.78, 5) is 13.4. The van der Waals surface area contributed by atoms with Gasteiger partial charge < -0.3 is 14.8 Å². The molecule has 1 aromatic heterocycles. The summed E-state index contributed by atoms with van der Waals surface area (Å²) in [6.45, 7) is 15.7. The molecule has 1 aromatic carbocycles. The second-order valence-corrected chi connectivity index (χ2v) is 10.1. The fourth-order valence-electron chi connectivity index (χ4n) is 3.72. The Morgan fingerprint density at radius 3 is 2.46 bits per heavy atom. The third kappa shape index (κ3) is 8.80. The van der Waals surface area contributed by atoms with Gasteiger partial charge in [0.15, 0.2) is 0 Å². The minimum Gasteiger partial charge on any atom is -0.498 e. The summed E-state index contributed by atoms with van der Waals surface area (Å²) in [6, 6.07) is 6.44. The van der Waals surface area contributed by atoms with E-state index in [1.165, 1.54) is 12.1 Å². The maximum Gasteiger partial charge on any atom is 0.274 e. The van der Waals surface area contributed by atoms with Gasteiger partial charge in [-0.05, 0) is 87.4 Å². The summed E-state index contributed by atoms with van der Waals surface area (Å²) in [5.41, 5.74) is 2.70. The third-order valence-corrected chi connectivity index (χ3v) is 5.82. The Bertz CT molecular complexity index is 1040. The Morgan fingerprint density at radius 2 is 1.86 bits per heavy atom. The van der Waals surface area contributed by atoms with E-state index in [2.05, 4.69) is 33.0 Å². The van der Waals surface area contributed by atoms with Crippen molar-refractivity contribution in [1.82, 2.24) is 15.1 Å². The average molecular weight is 488 g/mol. The molecule has 1 N–H and O–H groups in total. The van der Waals surface area contributed by atoms with Crippen molar-refractivity contribution in [1.29, 1.82) is 0 Å². The van der Waals surface area contributed by atoms with Crippen LogP contribution in [0.4, 0.5) is 4.39 Å². The van der Waals surface area contributed by atoms with E-state index in [9.17, 15) is 9.18 Å². The van der Waals surface area contributed by atoms with Gasteiger partial charge in [0.1, 0.15) is 11.6 Å². The molecule has 0 aliphatic carbocycles. The highest BCUT2D eigenvalue weighted by molar-refractivity contribution is 5.62. The number of hydrogen-bond acceptors (Lipinski definition) is 5. The second-order valence-electron chi connectivity index (χ2n) is 10.1. The molecular weight excluding hydrogens is 445 g/mol. The van der Waals surface area contributed by atoms with E-state index in [0.29, 0.717) is 42.5 Å². The molecule has 0 saturated heterocycles. The largest absolute Gasteiger partial charge is 0.498 e. The van der Waals surface area contributed by atoms with Crippen LogP contribution >= 0.6 is 0 Å². The van der Waals surface area contributed by atoms with Gasteiger partial charge in [-0.2, -0.15) is 5.10 Å². The van der Waals surface area contributed by atoms with Crippen molar-refractivity contribution in [2.75, 3.05) is 13.7 Å². The number of nitrogens with one attached hydrogen (secondary N) is 1. The van der Waals surface area contributed by atoms with Gasteiger partial charge >= 0.3 is 0 Å². The summed E-state index contributed by atoms with van der Waals surface area (Å²) >= 11 is 0. The van der Waals surface area contributed by atoms with Crippen LogP contribution in [0.15, 0.2) is 35.3 Å². The van der Waals surface area contributed by atoms with E-state index in [4.69, 9.17) is 14.6 Å². The number of ether oxygens (including phenoxy) is 2. The highest BCUT2D eigenvalue weighted by atomic mass is 19.1. The van der Waals surface area contributed by atoms with Crippen LogP contribution < -0.4 is 15.6 Å². The molecule has 0 aliphatic rings. The van der Waals surface area contributed by atoms with Crippen LogP contribution in [0, 0.1) is 17.7 Å². The lowest BCUT2D eigenvalue weighted by molar-refractivity contribution is 0.180. The van der Waals surface area contributed by atoms with E-state index in [1.807, 2.05) is 26.8 Å². The normalized spacial score (nSPS) is 13.1. The smallest absolute Gasteiger partial charge is 0.274 e. The van der Waals surface area contributed by atoms with Crippen LogP contribution in [-0.2, 0) is 24.1 Å². The first-order valence-corrected chi connectivity index (χ1v) is 12.5. The van der Waals surface area contributed by atoms with Crippen LogP contribution in [0.5, 0.6) is 5.75 Å². The van der Waals surface area contributed by atoms with E-state index in [-0.39, 0.29) is 23.5 Å². The summed E-state index contributed by atoms with van der Waals surface area (Å²) in [7, 11) is 1.58. The molecule has 0 unspecified atom stereocenters. The second kappa shape index (κ2) is 13.4. The van der Waals surface area contributed by atoms with Crippen LogP contribution in [0.2, 0.25) is 0 Å². The SMILES string of the molecule is COc1ccc(F)cc1CCc1cc(/C(C)=C/OC(C)C)c(=O)n(C[C@@H](NCC(C)C)C(C)C)n1. The zero-order chi connectivity index (χ0) is 26.1. The zero-order valence-electron chi connectivity index (χ0n) is 22.5. The molecule has 194 valence electrons. The Hall–Kier alpha value is -2.67. The fourth-order valence-corrected chi connectivity index (χ4v) is 3.72. The van der Waals surface area contributed by atoms with Gasteiger partial charge in [0.2, 0.25) is 0 Å². The van der Waals surface area contributed by atoms with Crippen molar-refractivity contribution >= 4 is 5.57 Å². The zero-order valence-corrected chi connectivity index (χ0v) is 22.5. The minimum absolute atomic E-state index is 0.0134. The molecule has 35 heavy (non-hydrogen) atoms. The molecule has 6 nitrogen and oxygen atoms in total. The number of rotatable bonds is 13. The highest BCUT2D eigenvalue weighted by Gasteiger charge is 2.18. The van der Waals surface area contributed by atoms with Crippen LogP contribution in [0.25, 0.3) is 5.57 Å². The number of hydrogen-bond donors (Lipinski definition) is 1. The number of halogens is 1. The van der Waals surface area contributed by atoms with Gasteiger partial charge in [0.25, 0.3) is 5.56 Å². The number of methoxy groups -OCH3 is 1. The topological polar surface area (TPSA) is 65.4 Å². The molecule has 2 aromatic rings. The molecule has 0 spiro atoms. The van der Waals surface area contributed by atoms with Crippen LogP contribution in [0.1, 0.15) is 65.3 Å². The lowest BCUT2D eigenvalue weighted by atomic mass is 10.0. The van der Waals surface area contributed by atoms with Gasteiger partial charge in [0.05, 0.1) is 31.7 Å². The third-order valence-electron chi connectivity index (χ3n) is 5.82. The molecule has 0 bridgehead atoms. The van der Waals surface area contributed by atoms with Crippen molar-refractivity contribution in [3.05, 3.63) is 63.5 Å². The molecule has 7 heteroatoms. The van der Waals surface area contributed by atoms with Crippen molar-refractivity contribution in [3.8, 4) is 5.75 Å². The standard InChI is InChI=1S/C28H42FN3O3/c1-18(2)15-30-26(19(3)4)16-32-28(33)25(21(7)17-35-20(5)6)14-24(31-32)11-9-22-13-23(29)10-12-27(22)34-8/h10,12-14,17-20,26,30H,9,11,15-16H2,1-8H3/b21-17+/t26-/m1/s1.